The highest BCUT2D eigenvalue weighted by atomic mass is 16.6. The van der Waals surface area contributed by atoms with Crippen LogP contribution in [0.5, 0.6) is 23.0 Å². The predicted octanol–water partition coefficient (Wildman–Crippen LogP) is 16.0. The third-order valence-electron chi connectivity index (χ3n) is 15.0. The third-order valence-corrected chi connectivity index (χ3v) is 15.0. The molecule has 7 aromatic carbocycles. The van der Waals surface area contributed by atoms with Gasteiger partial charge in [-0.05, 0) is 107 Å². The van der Waals surface area contributed by atoms with Crippen molar-refractivity contribution >= 4 is 66.8 Å². The van der Waals surface area contributed by atoms with Crippen LogP contribution >= 0.6 is 0 Å². The van der Waals surface area contributed by atoms with E-state index in [0.29, 0.717) is 95.6 Å². The lowest BCUT2D eigenvalue weighted by Gasteiger charge is -2.32. The molecule has 0 saturated carbocycles. The molecule has 0 N–H and O–H groups in total. The Morgan fingerprint density at radius 3 is 1.37 bits per heavy atom. The molecule has 0 bridgehead atoms. The van der Waals surface area contributed by atoms with E-state index >= 15 is 0 Å². The molecular weight excluding hydrogens is 847 g/mol. The van der Waals surface area contributed by atoms with Crippen LogP contribution in [0.25, 0.3) is 43.1 Å². The van der Waals surface area contributed by atoms with Gasteiger partial charge < -0.3 is 14.2 Å². The van der Waals surface area contributed by atoms with E-state index in [-0.39, 0.29) is 28.9 Å². The Balaban J connectivity index is 1.25. The van der Waals surface area contributed by atoms with E-state index < -0.39 is 11.9 Å². The van der Waals surface area contributed by atoms with Crippen molar-refractivity contribution in [2.45, 2.75) is 131 Å². The number of hydrogen-bond acceptors (Lipinski definition) is 7. The summed E-state index contributed by atoms with van der Waals surface area (Å²) in [6, 6.07) is 27.2. The Bertz CT molecular complexity index is 3020. The highest BCUT2D eigenvalue weighted by Crippen LogP contribution is 2.53. The van der Waals surface area contributed by atoms with Gasteiger partial charge in [0.15, 0.2) is 0 Å². The molecule has 2 heterocycles. The lowest BCUT2D eigenvalue weighted by molar-refractivity contribution is 0.0389. The van der Waals surface area contributed by atoms with Crippen LogP contribution in [0.3, 0.4) is 0 Å². The van der Waals surface area contributed by atoms with Gasteiger partial charge in [0.25, 0.3) is 11.8 Å². The zero-order chi connectivity index (χ0) is 47.6. The average Bonchev–Trinajstić information content (AvgIpc) is 3.35. The Labute approximate surface area is 400 Å². The molecule has 9 rings (SSSR count). The molecule has 0 aromatic heterocycles. The predicted molar refractivity (Wildman–Crippen MR) is 273 cm³/mol. The lowest BCUT2D eigenvalue weighted by Crippen LogP contribution is -2.43. The summed E-state index contributed by atoms with van der Waals surface area (Å²) < 4.78 is 19.1. The lowest BCUT2D eigenvalue weighted by atomic mass is 9.82. The molecule has 2 aliphatic rings. The van der Waals surface area contributed by atoms with Crippen molar-refractivity contribution in [1.82, 2.24) is 4.90 Å². The molecule has 0 radical (unpaired) electrons. The van der Waals surface area contributed by atoms with Crippen LogP contribution in [-0.4, -0.2) is 35.2 Å². The van der Waals surface area contributed by atoms with Gasteiger partial charge >= 0.3 is 11.9 Å². The number of esters is 2. The molecule has 7 aromatic rings. The summed E-state index contributed by atoms with van der Waals surface area (Å²) in [5.74, 6) is 1.26. The van der Waals surface area contributed by atoms with Crippen molar-refractivity contribution in [2.75, 3.05) is 6.54 Å². The monoisotopic (exact) mass is 911 g/mol. The van der Waals surface area contributed by atoms with Crippen LogP contribution in [0.15, 0.2) is 84.9 Å². The van der Waals surface area contributed by atoms with Crippen LogP contribution in [0.4, 0.5) is 0 Å². The molecule has 8 heteroatoms. The topological polar surface area (TPSA) is 99.2 Å². The van der Waals surface area contributed by atoms with E-state index in [0.717, 1.165) is 51.4 Å². The zero-order valence-corrected chi connectivity index (χ0v) is 40.7. The number of ether oxygens (including phenoxy) is 3. The van der Waals surface area contributed by atoms with Crippen molar-refractivity contribution in [3.63, 3.8) is 0 Å². The van der Waals surface area contributed by atoms with Gasteiger partial charge in [0, 0.05) is 44.4 Å². The van der Waals surface area contributed by atoms with Crippen LogP contribution < -0.4 is 9.47 Å². The number of benzene rings is 7. The number of imide groups is 1. The van der Waals surface area contributed by atoms with Gasteiger partial charge in [-0.3, -0.25) is 14.5 Å². The first-order valence-electron chi connectivity index (χ1n) is 25.5. The normalized spacial score (nSPS) is 14.9. The van der Waals surface area contributed by atoms with Crippen LogP contribution in [0.2, 0.25) is 0 Å². The summed E-state index contributed by atoms with van der Waals surface area (Å²) in [4.78, 5) is 58.4. The summed E-state index contributed by atoms with van der Waals surface area (Å²) >= 11 is 0. The van der Waals surface area contributed by atoms with Crippen molar-refractivity contribution in [2.24, 2.45) is 17.8 Å². The van der Waals surface area contributed by atoms with Gasteiger partial charge in [-0.1, -0.05) is 149 Å². The molecule has 352 valence electrons. The fraction of sp³-hybridized carbons (Fsp3) is 0.400. The number of unbranched alkanes of at least 4 members (excludes halogenated alkanes) is 3. The smallest absolute Gasteiger partial charge is 0.346 e. The standard InChI is InChI=1S/C60H65NO7/c1-7-13-16-36(10-4)31-39-19-23-41(24-20-39)66-49-33-47-51-45(57(62)61(58(47)63)35-38(12-6)18-15-9-3)29-27-43-54-50(67-42-25-21-40(22-26-42)32-37(11-5)17-14-8-2)34-48-52-46(59(64)68-60(48)65)30-28-44(56(52)54)53(49)55(43)51/h19-30,33-34,36-38H,7-18,31-32,35H2,1-6H3. The van der Waals surface area contributed by atoms with Gasteiger partial charge in [0.1, 0.15) is 23.0 Å². The number of nitrogens with zero attached hydrogens (tertiary/aromatic N) is 1. The SMILES string of the molecule is CCCCC(CC)Cc1ccc(Oc2cc3c4c(ccc5c6c(Oc7ccc(CC(CC)CCCC)cc7)cc7c8c(ccc(c2c45)c86)C(=O)N(CC(CC)CCCC)C7=O)C(=O)OC3=O)cc1. The highest BCUT2D eigenvalue weighted by molar-refractivity contribution is 6.42. The van der Waals surface area contributed by atoms with E-state index in [1.54, 1.807) is 18.2 Å². The Kier molecular flexibility index (Phi) is 13.9. The minimum atomic E-state index is -0.752. The highest BCUT2D eigenvalue weighted by Gasteiger charge is 2.38. The Morgan fingerprint density at radius 1 is 0.456 bits per heavy atom. The van der Waals surface area contributed by atoms with Crippen LogP contribution in [0, 0.1) is 17.8 Å². The fourth-order valence-corrected chi connectivity index (χ4v) is 11.0. The number of amides is 2. The van der Waals surface area contributed by atoms with E-state index in [4.69, 9.17) is 14.2 Å². The molecule has 0 aliphatic carbocycles. The molecule has 0 spiro atoms. The second-order valence-electron chi connectivity index (χ2n) is 19.5. The number of cyclic esters (lactones) is 2. The molecule has 2 amide bonds. The molecule has 3 atom stereocenters. The first-order valence-corrected chi connectivity index (χ1v) is 25.5. The third kappa shape index (κ3) is 8.71. The van der Waals surface area contributed by atoms with E-state index in [1.807, 2.05) is 42.5 Å². The largest absolute Gasteiger partial charge is 0.457 e. The molecule has 8 nitrogen and oxygen atoms in total. The van der Waals surface area contributed by atoms with E-state index in [2.05, 4.69) is 65.8 Å². The number of fused-ring (bicyclic) bond motifs is 2. The van der Waals surface area contributed by atoms with Gasteiger partial charge in [-0.2, -0.15) is 0 Å². The summed E-state index contributed by atoms with van der Waals surface area (Å²) in [5, 5.41) is 5.09. The fourth-order valence-electron chi connectivity index (χ4n) is 11.0. The van der Waals surface area contributed by atoms with Crippen molar-refractivity contribution in [3.05, 3.63) is 118 Å². The van der Waals surface area contributed by atoms with Gasteiger partial charge in [0.2, 0.25) is 0 Å². The molecule has 2 aliphatic heterocycles. The Morgan fingerprint density at radius 2 is 0.882 bits per heavy atom. The summed E-state index contributed by atoms with van der Waals surface area (Å²) in [6.07, 6.45) is 15.2. The summed E-state index contributed by atoms with van der Waals surface area (Å²) in [6.45, 7) is 13.6. The molecule has 3 unspecified atom stereocenters. The first-order chi connectivity index (χ1) is 33.1. The number of rotatable bonds is 22. The molecule has 0 fully saturated rings. The van der Waals surface area contributed by atoms with Gasteiger partial charge in [0.05, 0.1) is 16.7 Å². The van der Waals surface area contributed by atoms with Crippen molar-refractivity contribution in [3.8, 4) is 23.0 Å². The molecule has 0 saturated heterocycles. The molecule has 68 heavy (non-hydrogen) atoms. The van der Waals surface area contributed by atoms with Crippen molar-refractivity contribution < 1.29 is 33.4 Å². The number of hydrogen-bond donors (Lipinski definition) is 0. The summed E-state index contributed by atoms with van der Waals surface area (Å²) in [5.41, 5.74) is 3.81. The summed E-state index contributed by atoms with van der Waals surface area (Å²) in [7, 11) is 0. The number of carbonyl (C=O) groups is 4. The van der Waals surface area contributed by atoms with Crippen molar-refractivity contribution in [1.29, 1.82) is 0 Å². The van der Waals surface area contributed by atoms with Crippen LogP contribution in [-0.2, 0) is 17.6 Å². The van der Waals surface area contributed by atoms with Gasteiger partial charge in [-0.25, -0.2) is 9.59 Å². The maximum absolute atomic E-state index is 15.0. The Hall–Kier alpha value is -6.28. The average molecular weight is 912 g/mol. The maximum Gasteiger partial charge on any atom is 0.346 e. The molecular formula is C60H65NO7. The zero-order valence-electron chi connectivity index (χ0n) is 40.7. The first kappa shape index (κ1) is 46.8. The number of carbonyl (C=O) groups excluding carboxylic acids is 4. The van der Waals surface area contributed by atoms with Crippen LogP contribution in [0.1, 0.15) is 171 Å². The minimum Gasteiger partial charge on any atom is -0.457 e. The second-order valence-corrected chi connectivity index (χ2v) is 19.5. The van der Waals surface area contributed by atoms with E-state index in [1.165, 1.54) is 54.6 Å². The van der Waals surface area contributed by atoms with Gasteiger partial charge in [-0.15, -0.1) is 0 Å². The quantitative estimate of drug-likeness (QED) is 0.0219. The van der Waals surface area contributed by atoms with E-state index in [9.17, 15) is 19.2 Å². The second kappa shape index (κ2) is 20.1. The maximum atomic E-state index is 15.0. The minimum absolute atomic E-state index is 0.171.